The van der Waals surface area contributed by atoms with Gasteiger partial charge in [-0.25, -0.2) is 13.8 Å². The van der Waals surface area contributed by atoms with Gasteiger partial charge in [0.15, 0.2) is 5.76 Å². The number of rotatable bonds is 7. The van der Waals surface area contributed by atoms with Crippen LogP contribution in [-0.4, -0.2) is 11.0 Å². The van der Waals surface area contributed by atoms with Crippen LogP contribution < -0.4 is 0 Å². The molecule has 0 saturated carbocycles. The van der Waals surface area contributed by atoms with E-state index in [1.807, 2.05) is 6.92 Å². The maximum absolute atomic E-state index is 14.3. The van der Waals surface area contributed by atoms with Gasteiger partial charge in [0.1, 0.15) is 28.3 Å². The van der Waals surface area contributed by atoms with Crippen LogP contribution in [-0.2, 0) is 15.7 Å². The number of esters is 1. The van der Waals surface area contributed by atoms with E-state index in [4.69, 9.17) is 4.74 Å². The number of carbonyl (C=O) groups excluding carboxylic acids is 1. The topological polar surface area (TPSA) is 63.0 Å². The molecule has 2 aromatic carbocycles. The molecule has 36 heavy (non-hydrogen) atoms. The zero-order valence-corrected chi connectivity index (χ0v) is 20.4. The fourth-order valence-electron chi connectivity index (χ4n) is 3.57. The fraction of sp³-hybridized carbons (Fsp3) is 0.269. The Kier molecular flexibility index (Phi) is 7.94. The Labute approximate surface area is 208 Å². The van der Waals surface area contributed by atoms with Gasteiger partial charge in [-0.2, -0.15) is 18.4 Å². The number of carbonyl (C=O) groups is 1. The molecule has 0 fully saturated rings. The van der Waals surface area contributed by atoms with E-state index in [0.29, 0.717) is 12.8 Å². The first-order valence-electron chi connectivity index (χ1n) is 10.8. The molecule has 1 aromatic heterocycles. The smallest absolute Gasteiger partial charge is 0.417 e. The number of nitriles is 1. The van der Waals surface area contributed by atoms with E-state index in [2.05, 4.69) is 4.98 Å². The van der Waals surface area contributed by atoms with E-state index in [9.17, 15) is 32.0 Å². The Morgan fingerprint density at radius 3 is 2.31 bits per heavy atom. The molecule has 188 valence electrons. The number of hydrogen-bond donors (Lipinski definition) is 0. The van der Waals surface area contributed by atoms with Crippen molar-refractivity contribution in [2.24, 2.45) is 5.41 Å². The zero-order valence-electron chi connectivity index (χ0n) is 19.5. The lowest BCUT2D eigenvalue weighted by atomic mass is 9.88. The predicted octanol–water partition coefficient (Wildman–Crippen LogP) is 7.87. The Morgan fingerprint density at radius 1 is 1.08 bits per heavy atom. The van der Waals surface area contributed by atoms with E-state index in [1.165, 1.54) is 23.6 Å². The third-order valence-corrected chi connectivity index (χ3v) is 6.24. The Hall–Kier alpha value is -3.58. The van der Waals surface area contributed by atoms with Crippen LogP contribution in [0.25, 0.3) is 22.6 Å². The summed E-state index contributed by atoms with van der Waals surface area (Å²) in [6.07, 6.45) is -3.83. The minimum atomic E-state index is -4.82. The summed E-state index contributed by atoms with van der Waals surface area (Å²) < 4.78 is 75.6. The highest BCUT2D eigenvalue weighted by atomic mass is 32.1. The summed E-state index contributed by atoms with van der Waals surface area (Å²) in [4.78, 5) is 17.1. The number of nitrogens with zero attached hydrogens (tertiary/aromatic N) is 2. The van der Waals surface area contributed by atoms with Gasteiger partial charge in [-0.05, 0) is 38.5 Å². The maximum Gasteiger partial charge on any atom is 0.417 e. The van der Waals surface area contributed by atoms with Crippen molar-refractivity contribution in [3.8, 4) is 17.3 Å². The summed E-state index contributed by atoms with van der Waals surface area (Å²) in [5.74, 6) is -3.26. The van der Waals surface area contributed by atoms with Crippen LogP contribution in [0, 0.1) is 28.4 Å². The van der Waals surface area contributed by atoms with Gasteiger partial charge in [0.2, 0.25) is 0 Å². The van der Waals surface area contributed by atoms with E-state index < -0.39 is 57.2 Å². The lowest BCUT2D eigenvalue weighted by Crippen LogP contribution is -2.26. The molecule has 3 rings (SSSR count). The summed E-state index contributed by atoms with van der Waals surface area (Å²) in [7, 11) is 0. The standard InChI is InChI=1S/C26H21F5N2O2S/c1-4-12-25(2,3)24(34)35-22(15-8-5-6-9-17(15)26(29,30)31)16(13-32)23-33-20(14-36-23)21-18(27)10-7-11-19(21)28/h5-11,14H,4,12H2,1-3H3. The van der Waals surface area contributed by atoms with Crippen molar-refractivity contribution in [1.82, 2.24) is 4.98 Å². The number of ether oxygens (including phenoxy) is 1. The highest BCUT2D eigenvalue weighted by Gasteiger charge is 2.37. The van der Waals surface area contributed by atoms with Gasteiger partial charge in [-0.15, -0.1) is 11.3 Å². The normalized spacial score (nSPS) is 12.6. The molecule has 0 radical (unpaired) electrons. The molecule has 0 aliphatic rings. The second kappa shape index (κ2) is 10.6. The van der Waals surface area contributed by atoms with Crippen LogP contribution in [0.5, 0.6) is 0 Å². The number of hydrogen-bond acceptors (Lipinski definition) is 5. The number of thiazole rings is 1. The van der Waals surface area contributed by atoms with E-state index >= 15 is 0 Å². The molecule has 0 amide bonds. The average molecular weight is 521 g/mol. The maximum atomic E-state index is 14.3. The predicted molar refractivity (Wildman–Crippen MR) is 126 cm³/mol. The van der Waals surface area contributed by atoms with Crippen LogP contribution in [0.1, 0.15) is 49.7 Å². The summed E-state index contributed by atoms with van der Waals surface area (Å²) in [5, 5.41) is 11.1. The van der Waals surface area contributed by atoms with Gasteiger partial charge in [-0.1, -0.05) is 37.6 Å². The van der Waals surface area contributed by atoms with Crippen LogP contribution in [0.2, 0.25) is 0 Å². The lowest BCUT2D eigenvalue weighted by Gasteiger charge is -2.24. The van der Waals surface area contributed by atoms with Gasteiger partial charge in [-0.3, -0.25) is 4.79 Å². The first kappa shape index (κ1) is 27.0. The number of alkyl halides is 3. The van der Waals surface area contributed by atoms with Crippen LogP contribution in [0.4, 0.5) is 22.0 Å². The zero-order chi connectivity index (χ0) is 26.7. The second-order valence-electron chi connectivity index (χ2n) is 8.52. The number of aromatic nitrogens is 1. The van der Waals surface area contributed by atoms with Crippen LogP contribution >= 0.6 is 11.3 Å². The molecule has 1 heterocycles. The quantitative estimate of drug-likeness (QED) is 0.138. The highest BCUT2D eigenvalue weighted by molar-refractivity contribution is 7.11. The van der Waals surface area contributed by atoms with Gasteiger partial charge in [0.05, 0.1) is 22.2 Å². The molecule has 0 spiro atoms. The second-order valence-corrected chi connectivity index (χ2v) is 9.38. The molecular formula is C26H21F5N2O2S. The lowest BCUT2D eigenvalue weighted by molar-refractivity contribution is -0.147. The van der Waals surface area contributed by atoms with Crippen molar-refractivity contribution in [2.75, 3.05) is 0 Å². The summed E-state index contributed by atoms with van der Waals surface area (Å²) in [6, 6.07) is 9.37. The third kappa shape index (κ3) is 5.62. The van der Waals surface area contributed by atoms with Gasteiger partial charge >= 0.3 is 12.1 Å². The summed E-state index contributed by atoms with van der Waals surface area (Å²) in [6.45, 7) is 5.01. The third-order valence-electron chi connectivity index (χ3n) is 5.38. The molecule has 0 N–H and O–H groups in total. The Balaban J connectivity index is 2.25. The van der Waals surface area contributed by atoms with Gasteiger partial charge < -0.3 is 4.74 Å². The molecule has 0 saturated heterocycles. The fourth-order valence-corrected chi connectivity index (χ4v) is 4.37. The van der Waals surface area contributed by atoms with Crippen molar-refractivity contribution < 1.29 is 31.5 Å². The monoisotopic (exact) mass is 520 g/mol. The molecule has 3 aromatic rings. The molecule has 10 heteroatoms. The van der Waals surface area contributed by atoms with Crippen molar-refractivity contribution in [3.63, 3.8) is 0 Å². The Bertz CT molecular complexity index is 1330. The van der Waals surface area contributed by atoms with E-state index in [1.54, 1.807) is 19.9 Å². The van der Waals surface area contributed by atoms with Gasteiger partial charge in [0.25, 0.3) is 0 Å². The van der Waals surface area contributed by atoms with Crippen molar-refractivity contribution >= 4 is 28.6 Å². The number of halogens is 5. The number of benzene rings is 2. The first-order valence-corrected chi connectivity index (χ1v) is 11.7. The average Bonchev–Trinajstić information content (AvgIpc) is 3.27. The minimum absolute atomic E-state index is 0.153. The summed E-state index contributed by atoms with van der Waals surface area (Å²) >= 11 is 0.778. The first-order chi connectivity index (χ1) is 16.9. The highest BCUT2D eigenvalue weighted by Crippen LogP contribution is 2.40. The van der Waals surface area contributed by atoms with Crippen molar-refractivity contribution in [2.45, 2.75) is 39.8 Å². The van der Waals surface area contributed by atoms with Crippen LogP contribution in [0.3, 0.4) is 0 Å². The molecule has 0 atom stereocenters. The molecule has 0 aliphatic carbocycles. The van der Waals surface area contributed by atoms with E-state index in [0.717, 1.165) is 35.6 Å². The molecule has 0 aliphatic heterocycles. The molecule has 0 bridgehead atoms. The van der Waals surface area contributed by atoms with E-state index in [-0.39, 0.29) is 10.7 Å². The van der Waals surface area contributed by atoms with Crippen molar-refractivity contribution in [3.05, 3.63) is 75.6 Å². The molecular weight excluding hydrogens is 499 g/mol. The Morgan fingerprint density at radius 2 is 1.72 bits per heavy atom. The minimum Gasteiger partial charge on any atom is -0.424 e. The summed E-state index contributed by atoms with van der Waals surface area (Å²) in [5.41, 5.74) is -3.78. The largest absolute Gasteiger partial charge is 0.424 e. The number of allylic oxidation sites excluding steroid dienone is 1. The SMILES string of the molecule is CCCC(C)(C)C(=O)OC(=C(C#N)c1nc(-c2c(F)cccc2F)cs1)c1ccccc1C(F)(F)F. The molecule has 0 unspecified atom stereocenters. The van der Waals surface area contributed by atoms with Crippen LogP contribution in [0.15, 0.2) is 47.8 Å². The molecule has 4 nitrogen and oxygen atoms in total. The van der Waals surface area contributed by atoms with Gasteiger partial charge in [0, 0.05) is 10.9 Å². The van der Waals surface area contributed by atoms with Crippen molar-refractivity contribution in [1.29, 1.82) is 5.26 Å².